The topological polar surface area (TPSA) is 65.3 Å². The van der Waals surface area contributed by atoms with Crippen molar-refractivity contribution in [1.82, 2.24) is 4.90 Å². The average molecular weight is 649 g/mol. The fraction of sp³-hybridized carbons (Fsp3) is 0.367. The third-order valence-corrected chi connectivity index (χ3v) is 8.29. The van der Waals surface area contributed by atoms with Crippen LogP contribution in [0.3, 0.4) is 0 Å². The molecule has 0 spiro atoms. The molecule has 232 valence electrons. The molecule has 3 aromatic rings. The summed E-state index contributed by atoms with van der Waals surface area (Å²) in [4.78, 5) is 2.11. The van der Waals surface area contributed by atoms with Gasteiger partial charge in [0.2, 0.25) is 0 Å². The maximum absolute atomic E-state index is 13.3. The van der Waals surface area contributed by atoms with E-state index in [0.717, 1.165) is 5.56 Å². The second-order valence-corrected chi connectivity index (χ2v) is 11.2. The Morgan fingerprint density at radius 3 is 2.02 bits per heavy atom. The van der Waals surface area contributed by atoms with Crippen molar-refractivity contribution in [3.05, 3.63) is 99.0 Å². The second kappa shape index (κ2) is 13.3. The van der Waals surface area contributed by atoms with Gasteiger partial charge in [-0.15, -0.1) is 0 Å². The number of benzene rings is 3. The molecule has 0 bridgehead atoms. The molecular weight excluding hydrogens is 621 g/mol. The van der Waals surface area contributed by atoms with Crippen LogP contribution in [-0.2, 0) is 18.0 Å². The molecule has 43 heavy (non-hydrogen) atoms. The Kier molecular flexibility index (Phi) is 10.2. The smallest absolute Gasteiger partial charge is 0.416 e. The van der Waals surface area contributed by atoms with E-state index in [-0.39, 0.29) is 21.8 Å². The number of hydrogen-bond acceptors (Lipinski definition) is 5. The Balaban J connectivity index is 1.52. The van der Waals surface area contributed by atoms with Gasteiger partial charge in [-0.2, -0.15) is 26.3 Å². The van der Waals surface area contributed by atoms with Crippen LogP contribution in [0.4, 0.5) is 26.3 Å². The van der Waals surface area contributed by atoms with E-state index in [9.17, 15) is 36.7 Å². The van der Waals surface area contributed by atoms with Crippen LogP contribution in [0, 0.1) is 0 Å². The highest BCUT2D eigenvalue weighted by molar-refractivity contribution is 6.42. The zero-order valence-corrected chi connectivity index (χ0v) is 24.1. The molecule has 0 saturated carbocycles. The fourth-order valence-corrected chi connectivity index (χ4v) is 5.42. The van der Waals surface area contributed by atoms with E-state index >= 15 is 0 Å². The van der Waals surface area contributed by atoms with Gasteiger partial charge in [0.05, 0.1) is 26.8 Å². The number of piperidine rings is 1. The maximum Gasteiger partial charge on any atom is 0.416 e. The first-order valence-corrected chi connectivity index (χ1v) is 14.0. The molecule has 0 radical (unpaired) electrons. The number of halogens is 8. The predicted octanol–water partition coefficient (Wildman–Crippen LogP) is 8.40. The van der Waals surface area contributed by atoms with Crippen molar-refractivity contribution in [3.63, 3.8) is 0 Å². The first-order valence-electron chi connectivity index (χ1n) is 13.3. The summed E-state index contributed by atoms with van der Waals surface area (Å²) in [6, 6.07) is 15.0. The minimum absolute atomic E-state index is 0.00386. The summed E-state index contributed by atoms with van der Waals surface area (Å²) in [5.41, 5.74) is -2.67. The van der Waals surface area contributed by atoms with Crippen molar-refractivity contribution in [1.29, 1.82) is 0 Å². The molecule has 13 heteroatoms. The molecule has 0 aliphatic carbocycles. The number of alkyl halides is 6. The fourth-order valence-electron chi connectivity index (χ4n) is 5.12. The standard InChI is InChI=1S/C30H28Cl2F6N2O3/c31-25-7-6-19(14-26(25)32)24(8-11-40-12-9-28(41,10-13-40)20-4-2-1-3-5-20)27(39-42)18-43-23-16-21(29(33,34)35)15-22(17-23)30(36,37)38/h1-7,14-17,24,41-42H,8-13,18H2/b39-27+. The van der Waals surface area contributed by atoms with E-state index in [4.69, 9.17) is 27.9 Å². The minimum atomic E-state index is -5.04. The van der Waals surface area contributed by atoms with Crippen molar-refractivity contribution < 1.29 is 41.4 Å². The highest BCUT2D eigenvalue weighted by Gasteiger charge is 2.38. The molecule has 1 atom stereocenters. The molecule has 0 amide bonds. The van der Waals surface area contributed by atoms with E-state index in [1.54, 1.807) is 12.1 Å². The molecule has 1 aliphatic rings. The van der Waals surface area contributed by atoms with Crippen LogP contribution in [0.5, 0.6) is 5.75 Å². The van der Waals surface area contributed by atoms with Gasteiger partial charge in [-0.05, 0) is 67.3 Å². The van der Waals surface area contributed by atoms with Crippen LogP contribution < -0.4 is 4.74 Å². The monoisotopic (exact) mass is 648 g/mol. The van der Waals surface area contributed by atoms with Crippen molar-refractivity contribution in [2.24, 2.45) is 5.16 Å². The van der Waals surface area contributed by atoms with Crippen molar-refractivity contribution in [2.45, 2.75) is 43.1 Å². The number of likely N-dealkylation sites (tertiary alicyclic amines) is 1. The number of oxime groups is 1. The van der Waals surface area contributed by atoms with E-state index in [1.165, 1.54) is 6.07 Å². The van der Waals surface area contributed by atoms with Crippen LogP contribution in [0.1, 0.15) is 47.4 Å². The van der Waals surface area contributed by atoms with Gasteiger partial charge in [-0.3, -0.25) is 0 Å². The summed E-state index contributed by atoms with van der Waals surface area (Å²) in [6.07, 6.45) is -8.79. The van der Waals surface area contributed by atoms with E-state index in [1.807, 2.05) is 30.3 Å². The van der Waals surface area contributed by atoms with E-state index < -0.39 is 47.4 Å². The Morgan fingerprint density at radius 1 is 0.884 bits per heavy atom. The lowest BCUT2D eigenvalue weighted by atomic mass is 9.84. The van der Waals surface area contributed by atoms with Crippen LogP contribution in [0.15, 0.2) is 71.9 Å². The lowest BCUT2D eigenvalue weighted by molar-refractivity contribution is -0.143. The van der Waals surface area contributed by atoms with Gasteiger partial charge in [-0.25, -0.2) is 0 Å². The average Bonchev–Trinajstić information content (AvgIpc) is 2.96. The van der Waals surface area contributed by atoms with Gasteiger partial charge < -0.3 is 20.0 Å². The molecule has 2 N–H and O–H groups in total. The van der Waals surface area contributed by atoms with Crippen LogP contribution >= 0.6 is 23.2 Å². The van der Waals surface area contributed by atoms with Gasteiger partial charge in [0.1, 0.15) is 18.1 Å². The highest BCUT2D eigenvalue weighted by Crippen LogP contribution is 2.39. The molecule has 1 fully saturated rings. The third-order valence-electron chi connectivity index (χ3n) is 7.55. The van der Waals surface area contributed by atoms with Crippen molar-refractivity contribution >= 4 is 28.9 Å². The molecule has 1 heterocycles. The van der Waals surface area contributed by atoms with Crippen molar-refractivity contribution in [2.75, 3.05) is 26.2 Å². The maximum atomic E-state index is 13.3. The predicted molar refractivity (Wildman–Crippen MR) is 151 cm³/mol. The zero-order chi connectivity index (χ0) is 31.4. The number of aliphatic hydroxyl groups is 1. The van der Waals surface area contributed by atoms with Crippen LogP contribution in [0.2, 0.25) is 10.0 Å². The summed E-state index contributed by atoms with van der Waals surface area (Å²) < 4.78 is 85.2. The quantitative estimate of drug-likeness (QED) is 0.106. The summed E-state index contributed by atoms with van der Waals surface area (Å²) in [7, 11) is 0. The van der Waals surface area contributed by atoms with Gasteiger partial charge in [0, 0.05) is 19.0 Å². The molecular formula is C30H28Cl2F6N2O3. The lowest BCUT2D eigenvalue weighted by Crippen LogP contribution is -2.43. The van der Waals surface area contributed by atoms with Gasteiger partial charge in [0.15, 0.2) is 0 Å². The number of hydrogen-bond donors (Lipinski definition) is 2. The van der Waals surface area contributed by atoms with E-state index in [2.05, 4.69) is 10.1 Å². The number of rotatable bonds is 9. The first kappa shape index (κ1) is 32.9. The van der Waals surface area contributed by atoms with Gasteiger partial charge in [0.25, 0.3) is 0 Å². The molecule has 4 rings (SSSR count). The summed E-state index contributed by atoms with van der Waals surface area (Å²) in [6.45, 7) is 0.989. The largest absolute Gasteiger partial charge is 0.487 e. The molecule has 5 nitrogen and oxygen atoms in total. The SMILES string of the molecule is O/N=C(\COc1cc(C(F)(F)F)cc(C(F)(F)F)c1)C(CCN1CCC(O)(c2ccccc2)CC1)c1ccc(Cl)c(Cl)c1. The summed E-state index contributed by atoms with van der Waals surface area (Å²) in [5, 5.41) is 24.8. The zero-order valence-electron chi connectivity index (χ0n) is 22.6. The van der Waals surface area contributed by atoms with Gasteiger partial charge >= 0.3 is 12.4 Å². The molecule has 0 aromatic heterocycles. The van der Waals surface area contributed by atoms with Gasteiger partial charge in [-0.1, -0.05) is 64.8 Å². The Hall–Kier alpha value is -2.99. The summed E-state index contributed by atoms with van der Waals surface area (Å²) in [5.74, 6) is -1.37. The third kappa shape index (κ3) is 8.35. The van der Waals surface area contributed by atoms with Crippen LogP contribution in [-0.4, -0.2) is 47.2 Å². The first-order chi connectivity index (χ1) is 20.2. The summed E-state index contributed by atoms with van der Waals surface area (Å²) >= 11 is 12.3. The molecule has 1 saturated heterocycles. The Bertz CT molecular complexity index is 1390. The number of ether oxygens (including phenoxy) is 1. The second-order valence-electron chi connectivity index (χ2n) is 10.4. The molecule has 3 aromatic carbocycles. The Labute approximate surface area is 254 Å². The Morgan fingerprint density at radius 2 is 1.49 bits per heavy atom. The highest BCUT2D eigenvalue weighted by atomic mass is 35.5. The molecule has 1 unspecified atom stereocenters. The molecule has 1 aliphatic heterocycles. The van der Waals surface area contributed by atoms with E-state index in [0.29, 0.717) is 56.6 Å². The minimum Gasteiger partial charge on any atom is -0.487 e. The van der Waals surface area contributed by atoms with Crippen LogP contribution in [0.25, 0.3) is 0 Å². The number of nitrogens with zero attached hydrogens (tertiary/aromatic N) is 2. The normalized spacial score (nSPS) is 17.1. The van der Waals surface area contributed by atoms with Crippen molar-refractivity contribution in [3.8, 4) is 5.75 Å². The lowest BCUT2D eigenvalue weighted by Gasteiger charge is -2.39.